The Morgan fingerprint density at radius 3 is 2.25 bits per heavy atom. The number of carbonyl (C=O) groups excluding carboxylic acids is 2. The fourth-order valence-corrected chi connectivity index (χ4v) is 2.41. The number of hydroxylamine groups is 2. The summed E-state index contributed by atoms with van der Waals surface area (Å²) < 4.78 is 37.2. The molecule has 1 rings (SSSR count). The van der Waals surface area contributed by atoms with Gasteiger partial charge in [0.15, 0.2) is 0 Å². The molecule has 0 aliphatic carbocycles. The second-order valence-electron chi connectivity index (χ2n) is 5.40. The van der Waals surface area contributed by atoms with Crippen LogP contribution in [0.25, 0.3) is 0 Å². The van der Waals surface area contributed by atoms with Crippen molar-refractivity contribution in [3.63, 3.8) is 0 Å². The summed E-state index contributed by atoms with van der Waals surface area (Å²) in [5.41, 5.74) is -2.22. The van der Waals surface area contributed by atoms with E-state index in [4.69, 9.17) is 0 Å². The molecule has 0 bridgehead atoms. The minimum atomic E-state index is -5.10. The van der Waals surface area contributed by atoms with Crippen LogP contribution in [0.4, 0.5) is 13.2 Å². The van der Waals surface area contributed by atoms with Gasteiger partial charge in [-0.2, -0.15) is 13.2 Å². The Hall–Kier alpha value is -1.31. The first-order chi connectivity index (χ1) is 9.01. The molecule has 0 radical (unpaired) electrons. The summed E-state index contributed by atoms with van der Waals surface area (Å²) >= 11 is 0. The quantitative estimate of drug-likeness (QED) is 0.862. The first-order valence-electron chi connectivity index (χ1n) is 6.39. The van der Waals surface area contributed by atoms with E-state index >= 15 is 0 Å². The van der Waals surface area contributed by atoms with Crippen LogP contribution in [-0.4, -0.2) is 40.7 Å². The molecule has 1 fully saturated rings. The molecule has 0 saturated carbocycles. The lowest BCUT2D eigenvalue weighted by atomic mass is 9.84. The van der Waals surface area contributed by atoms with E-state index < -0.39 is 29.1 Å². The number of rotatable bonds is 3. The van der Waals surface area contributed by atoms with E-state index in [0.29, 0.717) is 0 Å². The normalized spacial score (nSPS) is 22.2. The molecule has 0 aromatic heterocycles. The van der Waals surface area contributed by atoms with Gasteiger partial charge in [0.1, 0.15) is 5.54 Å². The maximum Gasteiger partial charge on any atom is 0.492 e. The predicted octanol–water partition coefficient (Wildman–Crippen LogP) is 1.78. The summed E-state index contributed by atoms with van der Waals surface area (Å²) in [6.45, 7) is 6.64. The SMILES string of the molecule is CCC1(CC)C(=O)NCC(C)(C)N1OC(=O)C(F)(F)F. The smallest absolute Gasteiger partial charge is 0.359 e. The summed E-state index contributed by atoms with van der Waals surface area (Å²) in [5, 5.41) is 3.57. The van der Waals surface area contributed by atoms with Gasteiger partial charge in [0.25, 0.3) is 0 Å². The molecule has 0 unspecified atom stereocenters. The fraction of sp³-hybridized carbons (Fsp3) is 0.833. The third kappa shape index (κ3) is 2.74. The van der Waals surface area contributed by atoms with Crippen molar-refractivity contribution in [3.8, 4) is 0 Å². The number of amides is 1. The Bertz CT molecular complexity index is 403. The average Bonchev–Trinajstić information content (AvgIpc) is 2.34. The van der Waals surface area contributed by atoms with Crippen LogP contribution in [0.1, 0.15) is 40.5 Å². The van der Waals surface area contributed by atoms with E-state index in [1.54, 1.807) is 27.7 Å². The van der Waals surface area contributed by atoms with Crippen molar-refractivity contribution in [2.45, 2.75) is 57.8 Å². The van der Waals surface area contributed by atoms with Crippen molar-refractivity contribution in [1.82, 2.24) is 10.4 Å². The van der Waals surface area contributed by atoms with Crippen LogP contribution in [0.15, 0.2) is 0 Å². The predicted molar refractivity (Wildman–Crippen MR) is 64.4 cm³/mol. The number of carbonyl (C=O) groups is 2. The third-order valence-electron chi connectivity index (χ3n) is 3.62. The first kappa shape index (κ1) is 16.7. The minimum Gasteiger partial charge on any atom is -0.359 e. The highest BCUT2D eigenvalue weighted by Gasteiger charge is 2.56. The van der Waals surface area contributed by atoms with Gasteiger partial charge in [-0.15, -0.1) is 5.06 Å². The molecule has 5 nitrogen and oxygen atoms in total. The number of hydrogen-bond donors (Lipinski definition) is 1. The van der Waals surface area contributed by atoms with Crippen LogP contribution in [0.5, 0.6) is 0 Å². The molecule has 1 aliphatic heterocycles. The van der Waals surface area contributed by atoms with Crippen LogP contribution in [0.3, 0.4) is 0 Å². The highest BCUT2D eigenvalue weighted by molar-refractivity contribution is 5.87. The number of alkyl halides is 3. The van der Waals surface area contributed by atoms with Gasteiger partial charge >= 0.3 is 12.1 Å². The standard InChI is InChI=1S/C12H19F3N2O3/c1-5-11(6-2)8(18)16-7-10(3,4)17(11)20-9(19)12(13,14)15/h5-7H2,1-4H3,(H,16,18). The number of halogens is 3. The topological polar surface area (TPSA) is 58.6 Å². The molecule has 0 aromatic carbocycles. The molecule has 8 heteroatoms. The molecule has 1 aliphatic rings. The minimum absolute atomic E-state index is 0.0960. The van der Waals surface area contributed by atoms with E-state index in [1.807, 2.05) is 0 Å². The Kier molecular flexibility index (Phi) is 4.38. The van der Waals surface area contributed by atoms with Crippen LogP contribution in [-0.2, 0) is 14.4 Å². The van der Waals surface area contributed by atoms with Gasteiger partial charge in [-0.1, -0.05) is 13.8 Å². The van der Waals surface area contributed by atoms with E-state index in [-0.39, 0.29) is 19.4 Å². The second kappa shape index (κ2) is 5.23. The van der Waals surface area contributed by atoms with E-state index in [2.05, 4.69) is 10.2 Å². The molecule has 0 spiro atoms. The highest BCUT2D eigenvalue weighted by atomic mass is 19.4. The molecule has 1 heterocycles. The Morgan fingerprint density at radius 1 is 1.35 bits per heavy atom. The monoisotopic (exact) mass is 296 g/mol. The lowest BCUT2D eigenvalue weighted by Crippen LogP contribution is -2.72. The van der Waals surface area contributed by atoms with Crippen molar-refractivity contribution in [2.75, 3.05) is 6.54 Å². The first-order valence-corrected chi connectivity index (χ1v) is 6.39. The zero-order chi connectivity index (χ0) is 15.8. The molecule has 1 amide bonds. The zero-order valence-electron chi connectivity index (χ0n) is 11.9. The van der Waals surface area contributed by atoms with Gasteiger partial charge in [-0.05, 0) is 26.7 Å². The molecule has 0 aromatic rings. The van der Waals surface area contributed by atoms with Crippen molar-refractivity contribution in [1.29, 1.82) is 0 Å². The summed E-state index contributed by atoms with van der Waals surface area (Å²) in [6, 6.07) is 0. The molecular weight excluding hydrogens is 277 g/mol. The third-order valence-corrected chi connectivity index (χ3v) is 3.62. The summed E-state index contributed by atoms with van der Waals surface area (Å²) in [5.74, 6) is -2.75. The number of piperazine rings is 1. The largest absolute Gasteiger partial charge is 0.492 e. The highest BCUT2D eigenvalue weighted by Crippen LogP contribution is 2.36. The molecular formula is C12H19F3N2O3. The summed E-state index contributed by atoms with van der Waals surface area (Å²) in [4.78, 5) is 27.8. The average molecular weight is 296 g/mol. The molecule has 0 atom stereocenters. The zero-order valence-corrected chi connectivity index (χ0v) is 11.9. The molecule has 20 heavy (non-hydrogen) atoms. The second-order valence-corrected chi connectivity index (χ2v) is 5.40. The number of nitrogens with one attached hydrogen (secondary N) is 1. The van der Waals surface area contributed by atoms with Crippen LogP contribution >= 0.6 is 0 Å². The van der Waals surface area contributed by atoms with Crippen molar-refractivity contribution in [3.05, 3.63) is 0 Å². The lowest BCUT2D eigenvalue weighted by molar-refractivity contribution is -0.287. The van der Waals surface area contributed by atoms with Gasteiger partial charge in [0.2, 0.25) is 5.91 Å². The van der Waals surface area contributed by atoms with Gasteiger partial charge in [-0.25, -0.2) is 4.79 Å². The summed E-state index contributed by atoms with van der Waals surface area (Å²) in [6.07, 6.45) is -4.65. The van der Waals surface area contributed by atoms with E-state index in [1.165, 1.54) is 0 Å². The van der Waals surface area contributed by atoms with Gasteiger partial charge < -0.3 is 10.2 Å². The maximum absolute atomic E-state index is 12.4. The number of hydrogen-bond acceptors (Lipinski definition) is 4. The van der Waals surface area contributed by atoms with Crippen LogP contribution in [0.2, 0.25) is 0 Å². The Balaban J connectivity index is 3.18. The van der Waals surface area contributed by atoms with Gasteiger partial charge in [0, 0.05) is 6.54 Å². The fourth-order valence-electron chi connectivity index (χ4n) is 2.41. The van der Waals surface area contributed by atoms with Gasteiger partial charge in [-0.3, -0.25) is 4.79 Å². The Morgan fingerprint density at radius 2 is 1.85 bits per heavy atom. The lowest BCUT2D eigenvalue weighted by Gasteiger charge is -2.51. The molecule has 1 saturated heterocycles. The molecule has 116 valence electrons. The van der Waals surface area contributed by atoms with Gasteiger partial charge in [0.05, 0.1) is 5.54 Å². The Labute approximate surface area is 115 Å². The van der Waals surface area contributed by atoms with Crippen LogP contribution < -0.4 is 5.32 Å². The van der Waals surface area contributed by atoms with Crippen molar-refractivity contribution >= 4 is 11.9 Å². The maximum atomic E-state index is 12.4. The number of nitrogens with zero attached hydrogens (tertiary/aromatic N) is 1. The van der Waals surface area contributed by atoms with Crippen molar-refractivity contribution in [2.24, 2.45) is 0 Å². The van der Waals surface area contributed by atoms with E-state index in [9.17, 15) is 22.8 Å². The van der Waals surface area contributed by atoms with Crippen molar-refractivity contribution < 1.29 is 27.6 Å². The molecule has 1 N–H and O–H groups in total. The van der Waals surface area contributed by atoms with Crippen LogP contribution in [0, 0.1) is 0 Å². The summed E-state index contributed by atoms with van der Waals surface area (Å²) in [7, 11) is 0. The van der Waals surface area contributed by atoms with E-state index in [0.717, 1.165) is 5.06 Å².